The van der Waals surface area contributed by atoms with Crippen molar-refractivity contribution in [3.8, 4) is 0 Å². The molecular formula is C10H10ClNO. The highest BCUT2D eigenvalue weighted by Gasteiger charge is 2.16. The van der Waals surface area contributed by atoms with Crippen molar-refractivity contribution >= 4 is 17.3 Å². The Labute approximate surface area is 81.9 Å². The molecule has 13 heavy (non-hydrogen) atoms. The molecule has 1 aromatic rings. The summed E-state index contributed by atoms with van der Waals surface area (Å²) in [5.74, 6) is 0. The number of aliphatic hydroxyl groups excluding tert-OH is 1. The van der Waals surface area contributed by atoms with E-state index in [-0.39, 0.29) is 6.10 Å². The van der Waals surface area contributed by atoms with Crippen LogP contribution in [-0.4, -0.2) is 23.5 Å². The average molecular weight is 196 g/mol. The van der Waals surface area contributed by atoms with Crippen LogP contribution in [0.15, 0.2) is 29.3 Å². The lowest BCUT2D eigenvalue weighted by atomic mass is 10.1. The predicted octanol–water partition coefficient (Wildman–Crippen LogP) is 1.89. The summed E-state index contributed by atoms with van der Waals surface area (Å²) in [6, 6.07) is 7.53. The van der Waals surface area contributed by atoms with E-state index in [4.69, 9.17) is 11.6 Å². The van der Waals surface area contributed by atoms with E-state index in [0.29, 0.717) is 13.0 Å². The Morgan fingerprint density at radius 3 is 2.54 bits per heavy atom. The van der Waals surface area contributed by atoms with Gasteiger partial charge < -0.3 is 5.11 Å². The van der Waals surface area contributed by atoms with Gasteiger partial charge in [0.1, 0.15) is 0 Å². The van der Waals surface area contributed by atoms with Crippen LogP contribution in [0.4, 0.5) is 0 Å². The molecule has 0 aromatic heterocycles. The van der Waals surface area contributed by atoms with E-state index in [2.05, 4.69) is 4.99 Å². The lowest BCUT2D eigenvalue weighted by Gasteiger charge is -2.00. The third-order valence-electron chi connectivity index (χ3n) is 2.10. The van der Waals surface area contributed by atoms with Crippen LogP contribution < -0.4 is 0 Å². The highest BCUT2D eigenvalue weighted by Crippen LogP contribution is 2.16. The van der Waals surface area contributed by atoms with Crippen molar-refractivity contribution in [2.24, 2.45) is 4.99 Å². The minimum Gasteiger partial charge on any atom is -0.391 e. The summed E-state index contributed by atoms with van der Waals surface area (Å²) in [6.07, 6.45) is 0.354. The molecule has 0 fully saturated rings. The number of halogens is 1. The second kappa shape index (κ2) is 3.48. The maximum Gasteiger partial charge on any atom is 0.0790 e. The Balaban J connectivity index is 2.22. The molecule has 0 amide bonds. The van der Waals surface area contributed by atoms with Gasteiger partial charge in [-0.3, -0.25) is 4.99 Å². The quantitative estimate of drug-likeness (QED) is 0.730. The molecule has 3 heteroatoms. The van der Waals surface area contributed by atoms with Crippen molar-refractivity contribution in [1.29, 1.82) is 0 Å². The molecule has 1 aromatic carbocycles. The van der Waals surface area contributed by atoms with Crippen molar-refractivity contribution in [3.63, 3.8) is 0 Å². The van der Waals surface area contributed by atoms with Crippen molar-refractivity contribution in [2.75, 3.05) is 6.54 Å². The molecular weight excluding hydrogens is 186 g/mol. The number of rotatable bonds is 1. The van der Waals surface area contributed by atoms with Gasteiger partial charge in [-0.05, 0) is 17.7 Å². The number of nitrogens with zero attached hydrogens (tertiary/aromatic N) is 1. The maximum absolute atomic E-state index is 9.27. The first-order valence-electron chi connectivity index (χ1n) is 4.23. The van der Waals surface area contributed by atoms with Crippen LogP contribution in [0.1, 0.15) is 12.0 Å². The maximum atomic E-state index is 9.27. The fraction of sp³-hybridized carbons (Fsp3) is 0.300. The van der Waals surface area contributed by atoms with Gasteiger partial charge in [-0.2, -0.15) is 0 Å². The van der Waals surface area contributed by atoms with E-state index >= 15 is 0 Å². The Hall–Kier alpha value is -0.860. The van der Waals surface area contributed by atoms with Gasteiger partial charge in [0, 0.05) is 17.2 Å². The molecule has 1 heterocycles. The number of hydrogen-bond acceptors (Lipinski definition) is 2. The molecule has 2 nitrogen and oxygen atoms in total. The van der Waals surface area contributed by atoms with E-state index < -0.39 is 0 Å². The third kappa shape index (κ3) is 1.90. The van der Waals surface area contributed by atoms with E-state index in [1.165, 1.54) is 0 Å². The van der Waals surface area contributed by atoms with Gasteiger partial charge >= 0.3 is 0 Å². The van der Waals surface area contributed by atoms with Crippen molar-refractivity contribution < 1.29 is 5.11 Å². The number of aliphatic hydroxyl groups is 1. The summed E-state index contributed by atoms with van der Waals surface area (Å²) in [4.78, 5) is 4.24. The fourth-order valence-electron chi connectivity index (χ4n) is 1.42. The molecule has 0 aliphatic carbocycles. The molecule has 68 valence electrons. The second-order valence-corrected chi connectivity index (χ2v) is 3.59. The number of benzene rings is 1. The van der Waals surface area contributed by atoms with E-state index in [9.17, 15) is 5.11 Å². The highest BCUT2D eigenvalue weighted by atomic mass is 35.5. The molecule has 1 unspecified atom stereocenters. The monoisotopic (exact) mass is 195 g/mol. The van der Waals surface area contributed by atoms with Crippen molar-refractivity contribution in [2.45, 2.75) is 12.5 Å². The summed E-state index contributed by atoms with van der Waals surface area (Å²) >= 11 is 5.76. The van der Waals surface area contributed by atoms with Crippen LogP contribution in [-0.2, 0) is 0 Å². The predicted molar refractivity (Wildman–Crippen MR) is 53.5 cm³/mol. The van der Waals surface area contributed by atoms with Crippen molar-refractivity contribution in [1.82, 2.24) is 0 Å². The Bertz CT molecular complexity index is 331. The lowest BCUT2D eigenvalue weighted by molar-refractivity contribution is 0.200. The molecule has 0 radical (unpaired) electrons. The van der Waals surface area contributed by atoms with E-state index in [1.807, 2.05) is 24.3 Å². The molecule has 1 N–H and O–H groups in total. The summed E-state index contributed by atoms with van der Waals surface area (Å²) in [6.45, 7) is 0.526. The first kappa shape index (κ1) is 8.73. The SMILES string of the molecule is OC1CN=C(c2ccc(Cl)cc2)C1. The van der Waals surface area contributed by atoms with Gasteiger partial charge in [0.25, 0.3) is 0 Å². The van der Waals surface area contributed by atoms with Gasteiger partial charge in [-0.15, -0.1) is 0 Å². The lowest BCUT2D eigenvalue weighted by Crippen LogP contribution is -2.07. The van der Waals surface area contributed by atoms with Gasteiger partial charge in [0.15, 0.2) is 0 Å². The topological polar surface area (TPSA) is 32.6 Å². The summed E-state index contributed by atoms with van der Waals surface area (Å²) in [5, 5.41) is 10.00. The molecule has 0 bridgehead atoms. The summed E-state index contributed by atoms with van der Waals surface area (Å²) in [5.41, 5.74) is 2.03. The molecule has 0 saturated carbocycles. The average Bonchev–Trinajstić information content (AvgIpc) is 2.53. The number of hydrogen-bond donors (Lipinski definition) is 1. The molecule has 2 rings (SSSR count). The van der Waals surface area contributed by atoms with Crippen molar-refractivity contribution in [3.05, 3.63) is 34.9 Å². The van der Waals surface area contributed by atoms with Crippen LogP contribution in [0.5, 0.6) is 0 Å². The smallest absolute Gasteiger partial charge is 0.0790 e. The van der Waals surface area contributed by atoms with Gasteiger partial charge in [0.2, 0.25) is 0 Å². The highest BCUT2D eigenvalue weighted by molar-refractivity contribution is 6.30. The van der Waals surface area contributed by atoms with Crippen LogP contribution in [0.3, 0.4) is 0 Å². The second-order valence-electron chi connectivity index (χ2n) is 3.15. The largest absolute Gasteiger partial charge is 0.391 e. The standard InChI is InChI=1S/C10H10ClNO/c11-8-3-1-7(2-4-8)10-5-9(13)6-12-10/h1-4,9,13H,5-6H2. The summed E-state index contributed by atoms with van der Waals surface area (Å²) < 4.78 is 0. The summed E-state index contributed by atoms with van der Waals surface area (Å²) in [7, 11) is 0. The fourth-order valence-corrected chi connectivity index (χ4v) is 1.55. The molecule has 1 atom stereocenters. The Morgan fingerprint density at radius 2 is 2.00 bits per heavy atom. The third-order valence-corrected chi connectivity index (χ3v) is 2.35. The molecule has 1 aliphatic heterocycles. The zero-order chi connectivity index (χ0) is 9.26. The first-order chi connectivity index (χ1) is 6.25. The minimum absolute atomic E-state index is 0.300. The van der Waals surface area contributed by atoms with E-state index in [0.717, 1.165) is 16.3 Å². The van der Waals surface area contributed by atoms with E-state index in [1.54, 1.807) is 0 Å². The zero-order valence-corrected chi connectivity index (χ0v) is 7.83. The van der Waals surface area contributed by atoms with Crippen LogP contribution >= 0.6 is 11.6 Å². The minimum atomic E-state index is -0.300. The van der Waals surface area contributed by atoms with Crippen LogP contribution in [0.2, 0.25) is 5.02 Å². The van der Waals surface area contributed by atoms with Crippen LogP contribution in [0.25, 0.3) is 0 Å². The van der Waals surface area contributed by atoms with Gasteiger partial charge in [-0.25, -0.2) is 0 Å². The Kier molecular flexibility index (Phi) is 2.34. The molecule has 0 saturated heterocycles. The number of aliphatic imine (C=N–C) groups is 1. The zero-order valence-electron chi connectivity index (χ0n) is 7.07. The van der Waals surface area contributed by atoms with Gasteiger partial charge in [-0.1, -0.05) is 23.7 Å². The normalized spacial score (nSPS) is 21.7. The first-order valence-corrected chi connectivity index (χ1v) is 4.61. The van der Waals surface area contributed by atoms with Gasteiger partial charge in [0.05, 0.1) is 12.6 Å². The van der Waals surface area contributed by atoms with Crippen LogP contribution in [0, 0.1) is 0 Å². The Morgan fingerprint density at radius 1 is 1.31 bits per heavy atom. The molecule has 1 aliphatic rings. The molecule has 0 spiro atoms.